The van der Waals surface area contributed by atoms with E-state index in [9.17, 15) is 9.59 Å². The molecule has 1 atom stereocenters. The third-order valence-corrected chi connectivity index (χ3v) is 6.05. The topological polar surface area (TPSA) is 104 Å². The predicted octanol–water partition coefficient (Wildman–Crippen LogP) is 4.37. The number of urea groups is 1. The van der Waals surface area contributed by atoms with Crippen molar-refractivity contribution in [2.75, 3.05) is 13.9 Å². The van der Waals surface area contributed by atoms with Gasteiger partial charge >= 0.3 is 12.0 Å². The van der Waals surface area contributed by atoms with Gasteiger partial charge in [-0.3, -0.25) is 0 Å². The molecule has 190 valence electrons. The lowest BCUT2D eigenvalue weighted by molar-refractivity contribution is -0.140. The van der Waals surface area contributed by atoms with Gasteiger partial charge in [-0.2, -0.15) is 0 Å². The molecule has 2 heterocycles. The Morgan fingerprint density at radius 3 is 2.57 bits per heavy atom. The zero-order valence-electron chi connectivity index (χ0n) is 20.4. The maximum absolute atomic E-state index is 13.2. The van der Waals surface area contributed by atoms with E-state index in [2.05, 4.69) is 10.6 Å². The van der Waals surface area contributed by atoms with Crippen LogP contribution in [0.4, 0.5) is 4.79 Å². The first-order valence-electron chi connectivity index (χ1n) is 11.7. The zero-order valence-corrected chi connectivity index (χ0v) is 20.4. The van der Waals surface area contributed by atoms with Crippen LogP contribution in [-0.2, 0) is 22.7 Å². The average molecular weight is 503 g/mol. The SMILES string of the molecule is COc1cc([C@H]2NC(=O)NC(C)=C2C(=O)OCc2ccc3c(c2)OCO3)ccc1OCc1ccccc1. The van der Waals surface area contributed by atoms with Crippen molar-refractivity contribution in [3.05, 3.63) is 94.7 Å². The van der Waals surface area contributed by atoms with Crippen molar-refractivity contribution in [3.8, 4) is 23.0 Å². The summed E-state index contributed by atoms with van der Waals surface area (Å²) >= 11 is 0. The van der Waals surface area contributed by atoms with Crippen LogP contribution in [0.1, 0.15) is 29.7 Å². The predicted molar refractivity (Wildman–Crippen MR) is 133 cm³/mol. The van der Waals surface area contributed by atoms with Crippen LogP contribution >= 0.6 is 0 Å². The summed E-state index contributed by atoms with van der Waals surface area (Å²) in [4.78, 5) is 25.5. The van der Waals surface area contributed by atoms with E-state index in [4.69, 9.17) is 23.7 Å². The second-order valence-corrected chi connectivity index (χ2v) is 8.52. The highest BCUT2D eigenvalue weighted by Gasteiger charge is 2.33. The van der Waals surface area contributed by atoms with Gasteiger partial charge in [-0.05, 0) is 47.9 Å². The molecule has 3 aromatic rings. The van der Waals surface area contributed by atoms with Crippen molar-refractivity contribution in [3.63, 3.8) is 0 Å². The van der Waals surface area contributed by atoms with Gasteiger partial charge in [-0.15, -0.1) is 0 Å². The quantitative estimate of drug-likeness (QED) is 0.441. The number of nitrogens with one attached hydrogen (secondary N) is 2. The van der Waals surface area contributed by atoms with Crippen LogP contribution in [0.15, 0.2) is 78.0 Å². The van der Waals surface area contributed by atoms with Crippen LogP contribution in [0.25, 0.3) is 0 Å². The number of fused-ring (bicyclic) bond motifs is 1. The average Bonchev–Trinajstić information content (AvgIpc) is 3.38. The summed E-state index contributed by atoms with van der Waals surface area (Å²) in [5.74, 6) is 1.72. The number of hydrogen-bond donors (Lipinski definition) is 2. The maximum atomic E-state index is 13.2. The molecule has 0 radical (unpaired) electrons. The van der Waals surface area contributed by atoms with Gasteiger partial charge in [-0.25, -0.2) is 9.59 Å². The van der Waals surface area contributed by atoms with Crippen molar-refractivity contribution in [1.29, 1.82) is 0 Å². The monoisotopic (exact) mass is 502 g/mol. The first-order chi connectivity index (χ1) is 18.0. The van der Waals surface area contributed by atoms with Crippen LogP contribution in [0.2, 0.25) is 0 Å². The fourth-order valence-corrected chi connectivity index (χ4v) is 4.19. The third kappa shape index (κ3) is 5.30. The molecule has 9 nitrogen and oxygen atoms in total. The first-order valence-corrected chi connectivity index (χ1v) is 11.7. The van der Waals surface area contributed by atoms with E-state index in [0.29, 0.717) is 46.4 Å². The molecule has 2 N–H and O–H groups in total. The Balaban J connectivity index is 1.34. The summed E-state index contributed by atoms with van der Waals surface area (Å²) in [6, 6.07) is 19.3. The summed E-state index contributed by atoms with van der Waals surface area (Å²) in [5, 5.41) is 5.47. The zero-order chi connectivity index (χ0) is 25.8. The molecule has 37 heavy (non-hydrogen) atoms. The second kappa shape index (κ2) is 10.5. The normalized spacial score (nSPS) is 16.1. The van der Waals surface area contributed by atoms with Gasteiger partial charge < -0.3 is 34.3 Å². The van der Waals surface area contributed by atoms with Crippen molar-refractivity contribution >= 4 is 12.0 Å². The standard InChI is InChI=1S/C28H26N2O7/c1-17-25(27(31)35-15-19-8-10-22-24(12-19)37-16-36-22)26(30-28(32)29-17)20-9-11-21(23(13-20)33-2)34-14-18-6-4-3-5-7-18/h3-13,26H,14-16H2,1-2H3,(H2,29,30,32)/t26-/m1/s1. The lowest BCUT2D eigenvalue weighted by Crippen LogP contribution is -2.45. The molecule has 0 aliphatic carbocycles. The molecule has 0 saturated carbocycles. The largest absolute Gasteiger partial charge is 0.493 e. The Hall–Kier alpha value is -4.66. The summed E-state index contributed by atoms with van der Waals surface area (Å²) in [6.07, 6.45) is 0. The summed E-state index contributed by atoms with van der Waals surface area (Å²) in [5.41, 5.74) is 3.12. The number of allylic oxidation sites excluding steroid dienone is 1. The minimum absolute atomic E-state index is 0.0303. The molecule has 0 spiro atoms. The number of amides is 2. The van der Waals surface area contributed by atoms with Gasteiger partial charge in [-0.1, -0.05) is 42.5 Å². The van der Waals surface area contributed by atoms with Crippen molar-refractivity contribution in [2.45, 2.75) is 26.2 Å². The van der Waals surface area contributed by atoms with Crippen molar-refractivity contribution in [2.24, 2.45) is 0 Å². The Labute approximate surface area is 213 Å². The highest BCUT2D eigenvalue weighted by Crippen LogP contribution is 2.36. The molecule has 5 rings (SSSR count). The Kier molecular flexibility index (Phi) is 6.85. The number of carbonyl (C=O) groups is 2. The van der Waals surface area contributed by atoms with E-state index < -0.39 is 18.0 Å². The molecular formula is C28H26N2O7. The number of ether oxygens (including phenoxy) is 5. The van der Waals surface area contributed by atoms with Crippen molar-refractivity contribution < 1.29 is 33.3 Å². The first kappa shape index (κ1) is 24.1. The minimum atomic E-state index is -0.741. The molecule has 0 saturated heterocycles. The fraction of sp³-hybridized carbons (Fsp3) is 0.214. The van der Waals surface area contributed by atoms with Crippen LogP contribution in [0, 0.1) is 0 Å². The van der Waals surface area contributed by atoms with Crippen LogP contribution in [0.5, 0.6) is 23.0 Å². The maximum Gasteiger partial charge on any atom is 0.338 e. The van der Waals surface area contributed by atoms with Gasteiger partial charge in [0, 0.05) is 5.70 Å². The van der Waals surface area contributed by atoms with E-state index in [1.54, 1.807) is 43.3 Å². The second-order valence-electron chi connectivity index (χ2n) is 8.52. The molecule has 0 aromatic heterocycles. The van der Waals surface area contributed by atoms with E-state index >= 15 is 0 Å². The van der Waals surface area contributed by atoms with Crippen LogP contribution in [0.3, 0.4) is 0 Å². The summed E-state index contributed by atoms with van der Waals surface area (Å²) < 4.78 is 27.8. The van der Waals surface area contributed by atoms with Gasteiger partial charge in [0.15, 0.2) is 23.0 Å². The molecular weight excluding hydrogens is 476 g/mol. The lowest BCUT2D eigenvalue weighted by atomic mass is 9.95. The van der Waals surface area contributed by atoms with Crippen molar-refractivity contribution in [1.82, 2.24) is 10.6 Å². The summed E-state index contributed by atoms with van der Waals surface area (Å²) in [7, 11) is 1.54. The van der Waals surface area contributed by atoms with E-state index in [-0.39, 0.29) is 13.4 Å². The number of esters is 1. The van der Waals surface area contributed by atoms with Gasteiger partial charge in [0.2, 0.25) is 6.79 Å². The number of carbonyl (C=O) groups excluding carboxylic acids is 2. The molecule has 2 aliphatic heterocycles. The molecule has 2 amide bonds. The Morgan fingerprint density at radius 1 is 0.946 bits per heavy atom. The van der Waals surface area contributed by atoms with E-state index in [0.717, 1.165) is 11.1 Å². The fourth-order valence-electron chi connectivity index (χ4n) is 4.19. The lowest BCUT2D eigenvalue weighted by Gasteiger charge is -2.28. The van der Waals surface area contributed by atoms with Gasteiger partial charge in [0.05, 0.1) is 18.7 Å². The number of rotatable bonds is 8. The molecule has 0 bridgehead atoms. The van der Waals surface area contributed by atoms with E-state index in [1.807, 2.05) is 30.3 Å². The van der Waals surface area contributed by atoms with E-state index in [1.165, 1.54) is 7.11 Å². The molecule has 2 aliphatic rings. The highest BCUT2D eigenvalue weighted by molar-refractivity contribution is 5.95. The minimum Gasteiger partial charge on any atom is -0.493 e. The number of methoxy groups -OCH3 is 1. The highest BCUT2D eigenvalue weighted by atomic mass is 16.7. The van der Waals surface area contributed by atoms with Crippen LogP contribution in [-0.4, -0.2) is 25.9 Å². The smallest absolute Gasteiger partial charge is 0.338 e. The molecule has 9 heteroatoms. The molecule has 3 aromatic carbocycles. The Bertz CT molecular complexity index is 1350. The molecule has 0 fully saturated rings. The Morgan fingerprint density at radius 2 is 1.76 bits per heavy atom. The van der Waals surface area contributed by atoms with Crippen LogP contribution < -0.4 is 29.6 Å². The van der Waals surface area contributed by atoms with Gasteiger partial charge in [0.25, 0.3) is 0 Å². The van der Waals surface area contributed by atoms with Gasteiger partial charge in [0.1, 0.15) is 13.2 Å². The summed E-state index contributed by atoms with van der Waals surface area (Å²) in [6.45, 7) is 2.23. The molecule has 0 unspecified atom stereocenters. The third-order valence-electron chi connectivity index (χ3n) is 6.05. The number of benzene rings is 3. The number of hydrogen-bond acceptors (Lipinski definition) is 7.